The third-order valence-corrected chi connectivity index (χ3v) is 6.09. The van der Waals surface area contributed by atoms with Crippen molar-refractivity contribution in [3.05, 3.63) is 65.5 Å². The number of halogens is 4. The number of alkyl halides is 3. The molecule has 1 N–H and O–H groups in total. The highest BCUT2D eigenvalue weighted by atomic mass is 19.4. The zero-order valence-corrected chi connectivity index (χ0v) is 17.1. The Morgan fingerprint density at radius 2 is 2.06 bits per heavy atom. The number of carbonyl (C=O) groups is 1. The van der Waals surface area contributed by atoms with Crippen molar-refractivity contribution in [2.24, 2.45) is 0 Å². The van der Waals surface area contributed by atoms with E-state index in [1.54, 1.807) is 12.1 Å². The van der Waals surface area contributed by atoms with Crippen LogP contribution in [-0.4, -0.2) is 27.9 Å². The number of anilines is 2. The van der Waals surface area contributed by atoms with Gasteiger partial charge in [0.2, 0.25) is 0 Å². The van der Waals surface area contributed by atoms with Crippen LogP contribution in [0.15, 0.2) is 47.1 Å². The first-order valence-corrected chi connectivity index (χ1v) is 10.3. The third-order valence-electron chi connectivity index (χ3n) is 6.09. The van der Waals surface area contributed by atoms with Gasteiger partial charge in [0.05, 0.1) is 12.3 Å². The zero-order valence-electron chi connectivity index (χ0n) is 17.1. The van der Waals surface area contributed by atoms with Crippen LogP contribution in [0, 0.1) is 5.82 Å². The van der Waals surface area contributed by atoms with E-state index in [-0.39, 0.29) is 24.0 Å². The molecule has 5 rings (SSSR count). The minimum atomic E-state index is -4.56. The maximum absolute atomic E-state index is 13.8. The molecular weight excluding hydrogens is 428 g/mol. The monoisotopic (exact) mass is 448 g/mol. The molecule has 0 bridgehead atoms. The summed E-state index contributed by atoms with van der Waals surface area (Å²) in [5.41, 5.74) is 1.13. The summed E-state index contributed by atoms with van der Waals surface area (Å²) in [4.78, 5) is 14.9. The summed E-state index contributed by atoms with van der Waals surface area (Å²) in [5.74, 6) is -0.457. The minimum absolute atomic E-state index is 0.0901. The van der Waals surface area contributed by atoms with Crippen LogP contribution in [0.25, 0.3) is 0 Å². The van der Waals surface area contributed by atoms with Gasteiger partial charge in [0, 0.05) is 24.2 Å². The molecule has 1 amide bonds. The van der Waals surface area contributed by atoms with E-state index in [0.29, 0.717) is 29.9 Å². The molecule has 10 heteroatoms. The Hall–Kier alpha value is -3.30. The van der Waals surface area contributed by atoms with Crippen molar-refractivity contribution >= 4 is 17.4 Å². The highest BCUT2D eigenvalue weighted by molar-refractivity contribution is 6.06. The van der Waals surface area contributed by atoms with Gasteiger partial charge in [-0.05, 0) is 55.7 Å². The first-order valence-electron chi connectivity index (χ1n) is 10.3. The van der Waals surface area contributed by atoms with E-state index in [2.05, 4.69) is 10.4 Å². The fourth-order valence-corrected chi connectivity index (χ4v) is 4.51. The van der Waals surface area contributed by atoms with Gasteiger partial charge in [0.25, 0.3) is 5.91 Å². The van der Waals surface area contributed by atoms with E-state index in [0.717, 1.165) is 4.68 Å². The number of aromatic nitrogens is 2. The Morgan fingerprint density at radius 3 is 2.78 bits per heavy atom. The summed E-state index contributed by atoms with van der Waals surface area (Å²) in [7, 11) is 0. The van der Waals surface area contributed by atoms with Crippen molar-refractivity contribution < 1.29 is 26.8 Å². The number of furan rings is 1. The normalized spacial score (nSPS) is 22.8. The summed E-state index contributed by atoms with van der Waals surface area (Å²) in [6.45, 7) is 1.85. The average Bonchev–Trinajstić information content (AvgIpc) is 3.41. The number of rotatable bonds is 2. The summed E-state index contributed by atoms with van der Waals surface area (Å²) in [6.07, 6.45) is -2.25. The molecule has 2 aromatic heterocycles. The molecule has 0 spiro atoms. The molecule has 2 aliphatic heterocycles. The average molecular weight is 448 g/mol. The molecular formula is C22H20F4N4O2. The van der Waals surface area contributed by atoms with Crippen molar-refractivity contribution in [1.82, 2.24) is 9.78 Å². The first kappa shape index (κ1) is 20.6. The highest BCUT2D eigenvalue weighted by Gasteiger charge is 2.47. The second kappa shape index (κ2) is 7.39. The zero-order chi connectivity index (χ0) is 22.6. The largest absolute Gasteiger partial charge is 0.467 e. The van der Waals surface area contributed by atoms with Gasteiger partial charge in [0.1, 0.15) is 17.4 Å². The van der Waals surface area contributed by atoms with Crippen molar-refractivity contribution in [3.63, 3.8) is 0 Å². The topological polar surface area (TPSA) is 63.3 Å². The number of nitrogens with zero attached hydrogens (tertiary/aromatic N) is 3. The SMILES string of the molecule is C[C@H]1CCc2cc(F)ccc2N1C(=O)c1cc2n(n1)[C@H](C(F)(F)F)C[C@H](c1ccco1)N2. The van der Waals surface area contributed by atoms with Gasteiger partial charge >= 0.3 is 6.18 Å². The Bertz CT molecular complexity index is 1160. The lowest BCUT2D eigenvalue weighted by molar-refractivity contribution is -0.174. The van der Waals surface area contributed by atoms with E-state index in [1.165, 1.54) is 35.4 Å². The standard InChI is InChI=1S/C22H20F4N4O2/c1-12-4-5-13-9-14(23)6-7-17(13)29(12)21(31)16-11-20-27-15(18-3-2-8-32-18)10-19(22(24,25)26)30(20)28-16/h2-3,6-9,11-12,15,19,27H,4-5,10H2,1H3/t12-,15+,19-/m0/s1. The Balaban J connectivity index is 1.52. The molecule has 1 aromatic carbocycles. The quantitative estimate of drug-likeness (QED) is 0.544. The Morgan fingerprint density at radius 1 is 1.25 bits per heavy atom. The number of fused-ring (bicyclic) bond motifs is 2. The van der Waals surface area contributed by atoms with Crippen molar-refractivity contribution in [2.75, 3.05) is 10.2 Å². The number of hydrogen-bond acceptors (Lipinski definition) is 4. The minimum Gasteiger partial charge on any atom is -0.467 e. The number of aryl methyl sites for hydroxylation is 1. The van der Waals surface area contributed by atoms with Crippen molar-refractivity contribution in [1.29, 1.82) is 0 Å². The highest BCUT2D eigenvalue weighted by Crippen LogP contribution is 2.44. The predicted octanol–water partition coefficient (Wildman–Crippen LogP) is 5.26. The number of hydrogen-bond donors (Lipinski definition) is 1. The van der Waals surface area contributed by atoms with Gasteiger partial charge in [-0.1, -0.05) is 0 Å². The number of benzene rings is 1. The van der Waals surface area contributed by atoms with Gasteiger partial charge in [-0.15, -0.1) is 0 Å². The lowest BCUT2D eigenvalue weighted by Gasteiger charge is -2.34. The van der Waals surface area contributed by atoms with Crippen LogP contribution in [0.1, 0.15) is 53.7 Å². The first-order chi connectivity index (χ1) is 15.2. The lowest BCUT2D eigenvalue weighted by Crippen LogP contribution is -2.42. The predicted molar refractivity (Wildman–Crippen MR) is 108 cm³/mol. The second-order valence-corrected chi connectivity index (χ2v) is 8.20. The molecule has 3 atom stereocenters. The third kappa shape index (κ3) is 3.43. The van der Waals surface area contributed by atoms with E-state index < -0.39 is 30.0 Å². The van der Waals surface area contributed by atoms with Gasteiger partial charge in [-0.25, -0.2) is 9.07 Å². The lowest BCUT2D eigenvalue weighted by atomic mass is 9.96. The molecule has 0 saturated heterocycles. The molecule has 6 nitrogen and oxygen atoms in total. The van der Waals surface area contributed by atoms with Crippen LogP contribution in [0.5, 0.6) is 0 Å². The van der Waals surface area contributed by atoms with Crippen molar-refractivity contribution in [3.8, 4) is 0 Å². The molecule has 0 radical (unpaired) electrons. The molecule has 2 aliphatic rings. The molecule has 0 aliphatic carbocycles. The van der Waals surface area contributed by atoms with E-state index >= 15 is 0 Å². The van der Waals surface area contributed by atoms with Gasteiger partial charge in [-0.2, -0.15) is 18.3 Å². The molecule has 0 unspecified atom stereocenters. The molecule has 3 aromatic rings. The molecule has 0 saturated carbocycles. The van der Waals surface area contributed by atoms with Crippen LogP contribution in [-0.2, 0) is 6.42 Å². The van der Waals surface area contributed by atoms with Crippen LogP contribution in [0.4, 0.5) is 29.1 Å². The van der Waals surface area contributed by atoms with Crippen LogP contribution >= 0.6 is 0 Å². The summed E-state index contributed by atoms with van der Waals surface area (Å²) >= 11 is 0. The van der Waals surface area contributed by atoms with Crippen molar-refractivity contribution in [2.45, 2.75) is 50.5 Å². The Labute approximate surface area is 180 Å². The molecule has 0 fully saturated rings. The fourth-order valence-electron chi connectivity index (χ4n) is 4.51. The van der Waals surface area contributed by atoms with Gasteiger partial charge in [-0.3, -0.25) is 4.79 Å². The number of nitrogens with one attached hydrogen (secondary N) is 1. The summed E-state index contributed by atoms with van der Waals surface area (Å²) in [6, 6.07) is 5.91. The molecule has 168 valence electrons. The van der Waals surface area contributed by atoms with Crippen LogP contribution in [0.3, 0.4) is 0 Å². The Kier molecular flexibility index (Phi) is 4.75. The van der Waals surface area contributed by atoms with E-state index in [1.807, 2.05) is 6.92 Å². The van der Waals surface area contributed by atoms with E-state index in [9.17, 15) is 22.4 Å². The maximum Gasteiger partial charge on any atom is 0.410 e. The van der Waals surface area contributed by atoms with Crippen LogP contribution < -0.4 is 10.2 Å². The summed E-state index contributed by atoms with van der Waals surface area (Å²) in [5, 5.41) is 7.06. The number of carbonyl (C=O) groups excluding carboxylic acids is 1. The molecule has 4 heterocycles. The van der Waals surface area contributed by atoms with E-state index in [4.69, 9.17) is 4.42 Å². The summed E-state index contributed by atoms with van der Waals surface area (Å²) < 4.78 is 61.3. The maximum atomic E-state index is 13.8. The molecule has 32 heavy (non-hydrogen) atoms. The van der Waals surface area contributed by atoms with Gasteiger partial charge in [0.15, 0.2) is 11.7 Å². The smallest absolute Gasteiger partial charge is 0.410 e. The fraction of sp³-hybridized carbons (Fsp3) is 0.364. The second-order valence-electron chi connectivity index (χ2n) is 8.20. The van der Waals surface area contributed by atoms with Gasteiger partial charge < -0.3 is 14.6 Å². The number of amides is 1. The van der Waals surface area contributed by atoms with Crippen LogP contribution in [0.2, 0.25) is 0 Å².